The Morgan fingerprint density at radius 3 is 2.06 bits per heavy atom. The van der Waals surface area contributed by atoms with Crippen molar-refractivity contribution in [2.45, 2.75) is 23.1 Å². The summed E-state index contributed by atoms with van der Waals surface area (Å²) in [6.07, 6.45) is -0.360. The maximum atomic E-state index is 11.4. The van der Waals surface area contributed by atoms with Crippen LogP contribution in [0, 0.1) is 6.92 Å². The first kappa shape index (κ1) is 15.1. The summed E-state index contributed by atoms with van der Waals surface area (Å²) in [4.78, 5) is -1.05. The standard InChI is InChI=1S/C9H12NO6S2/c1-6-4-8(17(10,12)13)7(2-3-11)9(5-6)18(14,15)16/h4-5H,2-3H2,1H3,(H2,10,12,13)(H,14,15,16). The molecule has 1 radical (unpaired) electrons. The van der Waals surface area contributed by atoms with Crippen LogP contribution in [-0.2, 0) is 31.7 Å². The Morgan fingerprint density at radius 2 is 1.67 bits per heavy atom. The predicted octanol–water partition coefficient (Wildman–Crippen LogP) is -0.138. The van der Waals surface area contributed by atoms with Gasteiger partial charge in [-0.3, -0.25) is 4.55 Å². The fraction of sp³-hybridized carbons (Fsp3) is 0.333. The van der Waals surface area contributed by atoms with E-state index in [0.29, 0.717) is 5.56 Å². The second-order valence-corrected chi connectivity index (χ2v) is 6.63. The molecule has 0 unspecified atom stereocenters. The van der Waals surface area contributed by atoms with Gasteiger partial charge in [0.15, 0.2) is 0 Å². The van der Waals surface area contributed by atoms with Gasteiger partial charge >= 0.3 is 0 Å². The van der Waals surface area contributed by atoms with Crippen LogP contribution in [0.25, 0.3) is 0 Å². The summed E-state index contributed by atoms with van der Waals surface area (Å²) >= 11 is 0. The molecule has 0 heterocycles. The van der Waals surface area contributed by atoms with Crippen molar-refractivity contribution < 1.29 is 26.5 Å². The minimum absolute atomic E-state index is 0.277. The lowest BCUT2D eigenvalue weighted by Crippen LogP contribution is -2.18. The van der Waals surface area contributed by atoms with Gasteiger partial charge in [-0.15, -0.1) is 0 Å². The molecule has 0 aliphatic carbocycles. The zero-order valence-electron chi connectivity index (χ0n) is 9.45. The smallest absolute Gasteiger partial charge is 0.282 e. The van der Waals surface area contributed by atoms with Crippen molar-refractivity contribution in [1.29, 1.82) is 0 Å². The van der Waals surface area contributed by atoms with Crippen LogP contribution >= 0.6 is 0 Å². The SMILES string of the molecule is Cc1cc(S(N)(=O)=O)c(CC[O])c(S(=O)(=O)O)c1. The van der Waals surface area contributed by atoms with Crippen molar-refractivity contribution in [3.8, 4) is 0 Å². The van der Waals surface area contributed by atoms with E-state index in [0.717, 1.165) is 12.1 Å². The van der Waals surface area contributed by atoms with Gasteiger partial charge in [0, 0.05) is 6.42 Å². The molecule has 1 aromatic rings. The lowest BCUT2D eigenvalue weighted by molar-refractivity contribution is 0.196. The van der Waals surface area contributed by atoms with Crippen molar-refractivity contribution in [2.24, 2.45) is 5.14 Å². The average Bonchev–Trinajstić information content (AvgIpc) is 2.17. The van der Waals surface area contributed by atoms with Crippen LogP contribution in [-0.4, -0.2) is 28.0 Å². The van der Waals surface area contributed by atoms with Gasteiger partial charge in [0.25, 0.3) is 10.1 Å². The molecule has 0 aromatic heterocycles. The quantitative estimate of drug-likeness (QED) is 0.745. The maximum absolute atomic E-state index is 11.4. The van der Waals surface area contributed by atoms with E-state index in [1.807, 2.05) is 0 Å². The molecule has 0 fully saturated rings. The molecule has 0 spiro atoms. The van der Waals surface area contributed by atoms with E-state index in [1.165, 1.54) is 6.92 Å². The Balaban J connectivity index is 3.79. The fourth-order valence-corrected chi connectivity index (χ4v) is 3.41. The van der Waals surface area contributed by atoms with E-state index in [2.05, 4.69) is 0 Å². The Hall–Kier alpha value is -1.00. The van der Waals surface area contributed by atoms with Gasteiger partial charge in [-0.1, -0.05) is 0 Å². The summed E-state index contributed by atoms with van der Waals surface area (Å²) in [5.41, 5.74) is 0.0156. The molecule has 0 saturated carbocycles. The molecule has 101 valence electrons. The van der Waals surface area contributed by atoms with E-state index >= 15 is 0 Å². The predicted molar refractivity (Wildman–Crippen MR) is 61.6 cm³/mol. The highest BCUT2D eigenvalue weighted by molar-refractivity contribution is 7.89. The molecule has 0 atom stereocenters. The summed E-state index contributed by atoms with van der Waals surface area (Å²) in [5.74, 6) is 0. The van der Waals surface area contributed by atoms with Crippen LogP contribution < -0.4 is 5.14 Å². The number of sulfonamides is 1. The van der Waals surface area contributed by atoms with Crippen LogP contribution in [0.2, 0.25) is 0 Å². The van der Waals surface area contributed by atoms with E-state index in [-0.39, 0.29) is 12.0 Å². The number of rotatable bonds is 4. The number of hydrogen-bond donors (Lipinski definition) is 2. The van der Waals surface area contributed by atoms with Crippen molar-refractivity contribution in [3.63, 3.8) is 0 Å². The van der Waals surface area contributed by atoms with Crippen LogP contribution in [0.4, 0.5) is 0 Å². The third-order valence-corrected chi connectivity index (χ3v) is 4.15. The van der Waals surface area contributed by atoms with Crippen molar-refractivity contribution in [3.05, 3.63) is 23.3 Å². The van der Waals surface area contributed by atoms with Crippen molar-refractivity contribution >= 4 is 20.1 Å². The maximum Gasteiger partial charge on any atom is 0.294 e. The monoisotopic (exact) mass is 294 g/mol. The molecule has 1 rings (SSSR count). The minimum Gasteiger partial charge on any atom is -0.282 e. The molecule has 7 nitrogen and oxygen atoms in total. The van der Waals surface area contributed by atoms with Gasteiger partial charge < -0.3 is 0 Å². The summed E-state index contributed by atoms with van der Waals surface area (Å²) in [5, 5.41) is 15.6. The molecule has 0 saturated heterocycles. The number of primary sulfonamides is 1. The third kappa shape index (κ3) is 3.27. The molecule has 9 heteroatoms. The fourth-order valence-electron chi connectivity index (χ4n) is 1.58. The van der Waals surface area contributed by atoms with Gasteiger partial charge in [0.1, 0.15) is 0 Å². The summed E-state index contributed by atoms with van der Waals surface area (Å²) in [6.45, 7) is 0.721. The average molecular weight is 294 g/mol. The Labute approximate surface area is 105 Å². The minimum atomic E-state index is -4.62. The molecular weight excluding hydrogens is 282 g/mol. The zero-order chi connectivity index (χ0) is 14.1. The highest BCUT2D eigenvalue weighted by Gasteiger charge is 2.24. The number of hydrogen-bond acceptors (Lipinski definition) is 4. The largest absolute Gasteiger partial charge is 0.294 e. The van der Waals surface area contributed by atoms with E-state index < -0.39 is 36.5 Å². The number of nitrogens with two attached hydrogens (primary N) is 1. The summed E-state index contributed by atoms with van der Waals surface area (Å²) in [7, 11) is -8.80. The molecular formula is C9H12NO6S2. The molecule has 0 amide bonds. The van der Waals surface area contributed by atoms with Crippen molar-refractivity contribution in [1.82, 2.24) is 0 Å². The molecule has 18 heavy (non-hydrogen) atoms. The van der Waals surface area contributed by atoms with E-state index in [4.69, 9.17) is 9.69 Å². The van der Waals surface area contributed by atoms with Gasteiger partial charge in [-0.25, -0.2) is 18.7 Å². The van der Waals surface area contributed by atoms with E-state index in [9.17, 15) is 21.9 Å². The van der Waals surface area contributed by atoms with E-state index in [1.54, 1.807) is 0 Å². The Bertz CT molecular complexity index is 609. The molecule has 3 N–H and O–H groups in total. The van der Waals surface area contributed by atoms with Gasteiger partial charge in [-0.05, 0) is 30.2 Å². The van der Waals surface area contributed by atoms with Crippen molar-refractivity contribution in [2.75, 3.05) is 6.61 Å². The normalized spacial score (nSPS) is 12.7. The Kier molecular flexibility index (Phi) is 4.13. The van der Waals surface area contributed by atoms with Crippen LogP contribution in [0.3, 0.4) is 0 Å². The molecule has 0 aliphatic heterocycles. The van der Waals surface area contributed by atoms with Gasteiger partial charge in [0.2, 0.25) is 10.0 Å². The van der Waals surface area contributed by atoms with Gasteiger partial charge in [-0.2, -0.15) is 8.42 Å². The lowest BCUT2D eigenvalue weighted by Gasteiger charge is -2.12. The molecule has 1 aromatic carbocycles. The third-order valence-electron chi connectivity index (χ3n) is 2.25. The van der Waals surface area contributed by atoms with Crippen LogP contribution in [0.5, 0.6) is 0 Å². The first-order valence-corrected chi connectivity index (χ1v) is 7.78. The number of benzene rings is 1. The first-order chi connectivity index (χ1) is 8.07. The van der Waals surface area contributed by atoms with Crippen LogP contribution in [0.1, 0.15) is 11.1 Å². The molecule has 0 bridgehead atoms. The van der Waals surface area contributed by atoms with Crippen LogP contribution in [0.15, 0.2) is 21.9 Å². The second kappa shape index (κ2) is 4.94. The highest BCUT2D eigenvalue weighted by atomic mass is 32.2. The summed E-state index contributed by atoms with van der Waals surface area (Å²) in [6, 6.07) is 2.25. The first-order valence-electron chi connectivity index (χ1n) is 4.79. The highest BCUT2D eigenvalue weighted by Crippen LogP contribution is 2.25. The van der Waals surface area contributed by atoms with Gasteiger partial charge in [0.05, 0.1) is 16.4 Å². The molecule has 0 aliphatic rings. The Morgan fingerprint density at radius 1 is 1.17 bits per heavy atom. The lowest BCUT2D eigenvalue weighted by atomic mass is 10.1. The summed E-state index contributed by atoms with van der Waals surface area (Å²) < 4.78 is 54.1. The second-order valence-electron chi connectivity index (χ2n) is 3.71. The topological polar surface area (TPSA) is 134 Å². The number of aryl methyl sites for hydroxylation is 1. The zero-order valence-corrected chi connectivity index (χ0v) is 11.1.